The predicted molar refractivity (Wildman–Crippen MR) is 146 cm³/mol. The van der Waals surface area contributed by atoms with Crippen molar-refractivity contribution in [2.75, 3.05) is 56.2 Å². The number of rotatable bonds is 7. The monoisotopic (exact) mass is 555 g/mol. The number of imidazole rings is 1. The zero-order chi connectivity index (χ0) is 27.6. The first-order valence-electron chi connectivity index (χ1n) is 14.1. The van der Waals surface area contributed by atoms with Crippen LogP contribution in [0.4, 0.5) is 20.5 Å². The van der Waals surface area contributed by atoms with Crippen molar-refractivity contribution in [2.45, 2.75) is 44.6 Å². The topological polar surface area (TPSA) is 109 Å². The first-order valence-corrected chi connectivity index (χ1v) is 14.1. The Morgan fingerprint density at radius 1 is 1.05 bits per heavy atom. The fourth-order valence-electron chi connectivity index (χ4n) is 6.08. The summed E-state index contributed by atoms with van der Waals surface area (Å²) in [4.78, 5) is 30.8. The van der Waals surface area contributed by atoms with Crippen molar-refractivity contribution in [3.8, 4) is 5.82 Å². The molecule has 2 aliphatic heterocycles. The minimum absolute atomic E-state index is 0.0161. The molecule has 2 aromatic heterocycles. The Kier molecular flexibility index (Phi) is 7.79. The van der Waals surface area contributed by atoms with E-state index in [0.717, 1.165) is 32.1 Å². The predicted octanol–water partition coefficient (Wildman–Crippen LogP) is 3.40. The van der Waals surface area contributed by atoms with Crippen LogP contribution in [-0.4, -0.2) is 87.5 Å². The minimum atomic E-state index is -2.78. The number of likely N-dealkylation sites (tertiary alicyclic amines) is 1. The number of hydrogen-bond donors (Lipinski definition) is 2. The molecule has 1 saturated carbocycles. The third-order valence-electron chi connectivity index (χ3n) is 8.31. The highest BCUT2D eigenvalue weighted by Gasteiger charge is 2.33. The Hall–Kier alpha value is -3.38. The summed E-state index contributed by atoms with van der Waals surface area (Å²) >= 11 is 0. The van der Waals surface area contributed by atoms with E-state index in [1.165, 1.54) is 4.57 Å². The fraction of sp³-hybridized carbons (Fsp3) is 0.571. The molecule has 214 valence electrons. The molecule has 2 saturated heterocycles. The summed E-state index contributed by atoms with van der Waals surface area (Å²) in [5.74, 6) is 1.41. The highest BCUT2D eigenvalue weighted by atomic mass is 19.3. The maximum absolute atomic E-state index is 14.1. The van der Waals surface area contributed by atoms with E-state index in [2.05, 4.69) is 10.3 Å². The molecular weight excluding hydrogens is 520 g/mol. The number of amides is 1. The molecule has 3 aromatic rings. The van der Waals surface area contributed by atoms with Crippen LogP contribution < -0.4 is 10.2 Å². The smallest absolute Gasteiger partial charge is 0.296 e. The molecule has 0 radical (unpaired) electrons. The van der Waals surface area contributed by atoms with Crippen LogP contribution in [0.1, 0.15) is 44.4 Å². The molecule has 2 N–H and O–H groups in total. The highest BCUT2D eigenvalue weighted by Crippen LogP contribution is 2.32. The van der Waals surface area contributed by atoms with E-state index in [9.17, 15) is 18.7 Å². The first kappa shape index (κ1) is 26.8. The highest BCUT2D eigenvalue weighted by molar-refractivity contribution is 5.79. The first-order chi connectivity index (χ1) is 19.5. The molecule has 0 unspecified atom stereocenters. The van der Waals surface area contributed by atoms with Crippen molar-refractivity contribution in [3.05, 3.63) is 36.2 Å². The minimum Gasteiger partial charge on any atom is -0.396 e. The SMILES string of the molecule is O=C([C@H]1CC[C@@H](CO)CC1)N1CC[C@H](Nc2cc(-n3c(C(F)F)nc4ccccc43)nc(N3CCOCC3)n2)C1. The van der Waals surface area contributed by atoms with Gasteiger partial charge in [-0.05, 0) is 50.2 Å². The summed E-state index contributed by atoms with van der Waals surface area (Å²) in [6.07, 6.45) is 1.40. The van der Waals surface area contributed by atoms with E-state index in [-0.39, 0.29) is 30.3 Å². The summed E-state index contributed by atoms with van der Waals surface area (Å²) in [5.41, 5.74) is 1.01. The van der Waals surface area contributed by atoms with E-state index < -0.39 is 6.43 Å². The number of carbonyl (C=O) groups is 1. The van der Waals surface area contributed by atoms with Crippen molar-refractivity contribution >= 4 is 28.7 Å². The number of nitrogens with one attached hydrogen (secondary N) is 1. The second-order valence-corrected chi connectivity index (χ2v) is 10.9. The second-order valence-electron chi connectivity index (χ2n) is 10.9. The third kappa shape index (κ3) is 5.46. The number of fused-ring (bicyclic) bond motifs is 1. The Morgan fingerprint density at radius 3 is 2.58 bits per heavy atom. The van der Waals surface area contributed by atoms with Crippen LogP contribution in [0, 0.1) is 11.8 Å². The molecular formula is C28H35F2N7O3. The van der Waals surface area contributed by atoms with Gasteiger partial charge in [-0.1, -0.05) is 12.1 Å². The maximum Gasteiger partial charge on any atom is 0.296 e. The van der Waals surface area contributed by atoms with Gasteiger partial charge in [0.05, 0.1) is 24.2 Å². The molecule has 10 nitrogen and oxygen atoms in total. The number of para-hydroxylation sites is 2. The number of aromatic nitrogens is 4. The summed E-state index contributed by atoms with van der Waals surface area (Å²) in [7, 11) is 0. The number of benzene rings is 1. The summed E-state index contributed by atoms with van der Waals surface area (Å²) in [5, 5.41) is 12.9. The van der Waals surface area contributed by atoms with Crippen molar-refractivity contribution in [1.82, 2.24) is 24.4 Å². The second kappa shape index (κ2) is 11.6. The van der Waals surface area contributed by atoms with Gasteiger partial charge in [0.1, 0.15) is 11.6 Å². The molecule has 40 heavy (non-hydrogen) atoms. The van der Waals surface area contributed by atoms with Crippen LogP contribution in [0.15, 0.2) is 30.3 Å². The number of ether oxygens (including phenoxy) is 1. The van der Waals surface area contributed by atoms with Gasteiger partial charge in [0, 0.05) is 50.8 Å². The van der Waals surface area contributed by atoms with E-state index in [4.69, 9.17) is 14.7 Å². The van der Waals surface area contributed by atoms with Crippen molar-refractivity contribution in [3.63, 3.8) is 0 Å². The number of carbonyl (C=O) groups excluding carboxylic acids is 1. The van der Waals surface area contributed by atoms with E-state index >= 15 is 0 Å². The molecule has 0 bridgehead atoms. The van der Waals surface area contributed by atoms with Gasteiger partial charge >= 0.3 is 0 Å². The van der Waals surface area contributed by atoms with Crippen LogP contribution in [0.2, 0.25) is 0 Å². The van der Waals surface area contributed by atoms with Crippen LogP contribution in [0.3, 0.4) is 0 Å². The van der Waals surface area contributed by atoms with E-state index in [1.807, 2.05) is 9.80 Å². The lowest BCUT2D eigenvalue weighted by atomic mass is 9.82. The van der Waals surface area contributed by atoms with Crippen LogP contribution >= 0.6 is 0 Å². The van der Waals surface area contributed by atoms with Gasteiger partial charge in [0.2, 0.25) is 11.9 Å². The zero-order valence-electron chi connectivity index (χ0n) is 22.4. The normalized spacial score (nSPS) is 23.8. The molecule has 12 heteroatoms. The van der Waals surface area contributed by atoms with Gasteiger partial charge in [0.15, 0.2) is 5.82 Å². The Balaban J connectivity index is 1.26. The number of morpholine rings is 1. The standard InChI is InChI=1S/C28H35F2N7O3/c29-25(30)26-32-21-3-1-2-4-22(21)37(26)24-15-23(33-28(34-24)35-11-13-40-14-12-35)31-20-9-10-36(16-20)27(39)19-7-5-18(17-38)6-8-19/h1-4,15,18-20,25,38H,5-14,16-17H2,(H,31,33,34)/t18-,19+,20-/m0/s1. The molecule has 1 aliphatic carbocycles. The van der Waals surface area contributed by atoms with Crippen LogP contribution in [-0.2, 0) is 9.53 Å². The van der Waals surface area contributed by atoms with Crippen LogP contribution in [0.25, 0.3) is 16.9 Å². The molecule has 0 spiro atoms. The van der Waals surface area contributed by atoms with Crippen molar-refractivity contribution < 1.29 is 23.4 Å². The number of aliphatic hydroxyl groups excluding tert-OH is 1. The number of alkyl halides is 2. The number of aliphatic hydroxyl groups is 1. The van der Waals surface area contributed by atoms with Gasteiger partial charge in [-0.15, -0.1) is 0 Å². The van der Waals surface area contributed by atoms with Gasteiger partial charge in [-0.2, -0.15) is 9.97 Å². The molecule has 1 aromatic carbocycles. The zero-order valence-corrected chi connectivity index (χ0v) is 22.4. The van der Waals surface area contributed by atoms with Crippen molar-refractivity contribution in [1.29, 1.82) is 0 Å². The van der Waals surface area contributed by atoms with Gasteiger partial charge < -0.3 is 25.0 Å². The number of nitrogens with zero attached hydrogens (tertiary/aromatic N) is 6. The van der Waals surface area contributed by atoms with E-state index in [1.54, 1.807) is 30.3 Å². The Morgan fingerprint density at radius 2 is 1.82 bits per heavy atom. The molecule has 3 fully saturated rings. The summed E-state index contributed by atoms with van der Waals surface area (Å²) in [6, 6.07) is 8.69. The molecule has 4 heterocycles. The Labute approximate surface area is 231 Å². The Bertz CT molecular complexity index is 1340. The largest absolute Gasteiger partial charge is 0.396 e. The third-order valence-corrected chi connectivity index (χ3v) is 8.31. The molecule has 1 amide bonds. The fourth-order valence-corrected chi connectivity index (χ4v) is 6.08. The summed E-state index contributed by atoms with van der Waals surface area (Å²) in [6.45, 7) is 3.67. The van der Waals surface area contributed by atoms with Crippen molar-refractivity contribution in [2.24, 2.45) is 11.8 Å². The number of halogens is 2. The van der Waals surface area contributed by atoms with Gasteiger partial charge in [-0.25, -0.2) is 13.8 Å². The molecule has 1 atom stereocenters. The molecule has 3 aliphatic rings. The maximum atomic E-state index is 14.1. The van der Waals surface area contributed by atoms with Gasteiger partial charge in [-0.3, -0.25) is 9.36 Å². The number of hydrogen-bond acceptors (Lipinski definition) is 8. The number of anilines is 2. The van der Waals surface area contributed by atoms with Gasteiger partial charge in [0.25, 0.3) is 6.43 Å². The average Bonchev–Trinajstić information content (AvgIpc) is 3.62. The lowest BCUT2D eigenvalue weighted by Crippen LogP contribution is -2.38. The average molecular weight is 556 g/mol. The van der Waals surface area contributed by atoms with E-state index in [0.29, 0.717) is 73.9 Å². The quantitative estimate of drug-likeness (QED) is 0.457. The van der Waals surface area contributed by atoms with Crippen LogP contribution in [0.5, 0.6) is 0 Å². The molecule has 6 rings (SSSR count). The summed E-state index contributed by atoms with van der Waals surface area (Å²) < 4.78 is 35.2. The lowest BCUT2D eigenvalue weighted by Gasteiger charge is -2.30. The lowest BCUT2D eigenvalue weighted by molar-refractivity contribution is -0.135.